The number of halogens is 2. The van der Waals surface area contributed by atoms with Crippen LogP contribution in [-0.4, -0.2) is 39.3 Å². The number of anilines is 2. The molecule has 2 aliphatic heterocycles. The first kappa shape index (κ1) is 18.1. The highest BCUT2D eigenvalue weighted by molar-refractivity contribution is 9.10. The van der Waals surface area contributed by atoms with Crippen molar-refractivity contribution >= 4 is 43.2 Å². The van der Waals surface area contributed by atoms with E-state index in [2.05, 4.69) is 80.7 Å². The molecule has 8 heteroatoms. The van der Waals surface area contributed by atoms with Crippen molar-refractivity contribution in [2.75, 3.05) is 24.5 Å². The molecule has 0 saturated carbocycles. The molecule has 0 atom stereocenters. The lowest BCUT2D eigenvalue weighted by molar-refractivity contribution is 0.215. The predicted octanol–water partition coefficient (Wildman–Crippen LogP) is 4.95. The fourth-order valence-electron chi connectivity index (χ4n) is 3.83. The molecule has 1 aromatic heterocycles. The van der Waals surface area contributed by atoms with E-state index in [9.17, 15) is 0 Å². The van der Waals surface area contributed by atoms with Gasteiger partial charge in [-0.3, -0.25) is 4.90 Å². The van der Waals surface area contributed by atoms with Crippen molar-refractivity contribution in [3.63, 3.8) is 0 Å². The summed E-state index contributed by atoms with van der Waals surface area (Å²) in [6.45, 7) is 4.84. The molecule has 5 rings (SSSR count). The number of nitrogens with zero attached hydrogens (tertiary/aromatic N) is 5. The number of hydrogen-bond acceptors (Lipinski definition) is 5. The van der Waals surface area contributed by atoms with Crippen LogP contribution in [0.4, 0.5) is 11.4 Å². The first-order chi connectivity index (χ1) is 13.7. The van der Waals surface area contributed by atoms with Crippen LogP contribution in [0.1, 0.15) is 12.2 Å². The minimum absolute atomic E-state index is 0.871. The maximum Gasteiger partial charge on any atom is 0.152 e. The summed E-state index contributed by atoms with van der Waals surface area (Å²) in [6, 6.07) is 12.4. The summed E-state index contributed by atoms with van der Waals surface area (Å²) in [5.74, 6) is 2.82. The van der Waals surface area contributed by atoms with Gasteiger partial charge in [0.25, 0.3) is 0 Å². The molecule has 0 amide bonds. The summed E-state index contributed by atoms with van der Waals surface area (Å²) >= 11 is 7.10. The summed E-state index contributed by atoms with van der Waals surface area (Å²) in [4.78, 5) is 4.81. The quantitative estimate of drug-likeness (QED) is 0.503. The first-order valence-electron chi connectivity index (χ1n) is 9.31. The summed E-state index contributed by atoms with van der Waals surface area (Å²) in [6.07, 6.45) is 2.88. The average molecular weight is 505 g/mol. The van der Waals surface area contributed by atoms with Gasteiger partial charge in [0.05, 0.1) is 17.9 Å². The second kappa shape index (κ2) is 7.50. The van der Waals surface area contributed by atoms with E-state index in [4.69, 9.17) is 4.74 Å². The molecule has 3 aromatic rings. The van der Waals surface area contributed by atoms with Crippen LogP contribution in [0.15, 0.2) is 51.7 Å². The van der Waals surface area contributed by atoms with Crippen LogP contribution in [0, 0.1) is 0 Å². The van der Waals surface area contributed by atoms with E-state index in [-0.39, 0.29) is 0 Å². The van der Waals surface area contributed by atoms with Crippen LogP contribution in [0.5, 0.6) is 11.5 Å². The van der Waals surface area contributed by atoms with E-state index in [1.54, 1.807) is 0 Å². The van der Waals surface area contributed by atoms with E-state index < -0.39 is 0 Å². The monoisotopic (exact) mass is 503 g/mol. The summed E-state index contributed by atoms with van der Waals surface area (Å²) in [5, 5.41) is 8.23. The molecule has 0 unspecified atom stereocenters. The molecule has 0 N–H and O–H groups in total. The Kier molecular flexibility index (Phi) is 4.86. The van der Waals surface area contributed by atoms with Gasteiger partial charge in [-0.25, -0.2) is 0 Å². The van der Waals surface area contributed by atoms with Gasteiger partial charge in [-0.2, -0.15) is 0 Å². The smallest absolute Gasteiger partial charge is 0.152 e. The van der Waals surface area contributed by atoms with Gasteiger partial charge < -0.3 is 14.2 Å². The molecule has 0 spiro atoms. The number of aromatic nitrogens is 3. The van der Waals surface area contributed by atoms with E-state index in [0.717, 1.165) is 76.8 Å². The van der Waals surface area contributed by atoms with Crippen molar-refractivity contribution in [1.29, 1.82) is 0 Å². The Balaban J connectivity index is 1.33. The molecule has 2 aliphatic rings. The van der Waals surface area contributed by atoms with Crippen LogP contribution in [-0.2, 0) is 13.1 Å². The van der Waals surface area contributed by atoms with Gasteiger partial charge in [0.2, 0.25) is 0 Å². The second-order valence-corrected chi connectivity index (χ2v) is 8.88. The van der Waals surface area contributed by atoms with Crippen molar-refractivity contribution in [3.05, 3.63) is 57.5 Å². The molecule has 0 aliphatic carbocycles. The molecule has 0 saturated heterocycles. The Hall–Kier alpha value is -1.90. The molecular weight excluding hydrogens is 486 g/mol. The van der Waals surface area contributed by atoms with E-state index in [1.807, 2.05) is 18.5 Å². The highest BCUT2D eigenvalue weighted by atomic mass is 79.9. The van der Waals surface area contributed by atoms with Crippen LogP contribution < -0.4 is 9.64 Å². The Morgan fingerprint density at radius 3 is 2.36 bits per heavy atom. The Bertz CT molecular complexity index is 970. The summed E-state index contributed by atoms with van der Waals surface area (Å²) in [7, 11) is 0. The fourth-order valence-corrected chi connectivity index (χ4v) is 4.51. The zero-order valence-corrected chi connectivity index (χ0v) is 18.4. The third kappa shape index (κ3) is 3.44. The fraction of sp³-hybridized carbons (Fsp3) is 0.300. The minimum atomic E-state index is 0.871. The highest BCUT2D eigenvalue weighted by Gasteiger charge is 2.25. The number of ether oxygens (including phenoxy) is 1. The van der Waals surface area contributed by atoms with E-state index >= 15 is 0 Å². The topological polar surface area (TPSA) is 46.4 Å². The maximum atomic E-state index is 6.17. The van der Waals surface area contributed by atoms with Gasteiger partial charge in [0.15, 0.2) is 11.5 Å². The average Bonchev–Trinajstić information content (AvgIpc) is 3.15. The van der Waals surface area contributed by atoms with E-state index in [0.29, 0.717) is 0 Å². The third-order valence-electron chi connectivity index (χ3n) is 5.22. The SMILES string of the molecule is Brc1ccc2c(c1)Oc1cc(Br)ccc1N2CCCN1CCn2cnnc2C1. The van der Waals surface area contributed by atoms with Crippen LogP contribution in [0.2, 0.25) is 0 Å². The molecule has 2 aromatic carbocycles. The third-order valence-corrected chi connectivity index (χ3v) is 6.21. The molecule has 0 radical (unpaired) electrons. The highest BCUT2D eigenvalue weighted by Crippen LogP contribution is 2.48. The van der Waals surface area contributed by atoms with Gasteiger partial charge in [0, 0.05) is 35.1 Å². The number of hydrogen-bond donors (Lipinski definition) is 0. The number of rotatable bonds is 4. The molecule has 144 valence electrons. The second-order valence-electron chi connectivity index (χ2n) is 7.05. The Labute approximate surface area is 180 Å². The summed E-state index contributed by atoms with van der Waals surface area (Å²) < 4.78 is 10.3. The summed E-state index contributed by atoms with van der Waals surface area (Å²) in [5.41, 5.74) is 2.22. The molecule has 0 fully saturated rings. The number of benzene rings is 2. The molecule has 6 nitrogen and oxygen atoms in total. The Morgan fingerprint density at radius 2 is 1.64 bits per heavy atom. The lowest BCUT2D eigenvalue weighted by atomic mass is 10.1. The molecule has 28 heavy (non-hydrogen) atoms. The number of fused-ring (bicyclic) bond motifs is 3. The van der Waals surface area contributed by atoms with Crippen molar-refractivity contribution in [1.82, 2.24) is 19.7 Å². The van der Waals surface area contributed by atoms with Crippen molar-refractivity contribution in [2.24, 2.45) is 0 Å². The van der Waals surface area contributed by atoms with Crippen LogP contribution in [0.25, 0.3) is 0 Å². The zero-order valence-electron chi connectivity index (χ0n) is 15.2. The lowest BCUT2D eigenvalue weighted by Crippen LogP contribution is -2.35. The predicted molar refractivity (Wildman–Crippen MR) is 115 cm³/mol. The minimum Gasteiger partial charge on any atom is -0.453 e. The maximum absolute atomic E-state index is 6.17. The van der Waals surface area contributed by atoms with Crippen molar-refractivity contribution < 1.29 is 4.74 Å². The van der Waals surface area contributed by atoms with E-state index in [1.165, 1.54) is 0 Å². The van der Waals surface area contributed by atoms with Gasteiger partial charge in [0.1, 0.15) is 12.2 Å². The van der Waals surface area contributed by atoms with Gasteiger partial charge in [-0.05, 0) is 42.8 Å². The van der Waals surface area contributed by atoms with Crippen LogP contribution >= 0.6 is 31.9 Å². The normalized spacial score (nSPS) is 15.6. The van der Waals surface area contributed by atoms with Gasteiger partial charge in [-0.1, -0.05) is 31.9 Å². The van der Waals surface area contributed by atoms with Gasteiger partial charge >= 0.3 is 0 Å². The lowest BCUT2D eigenvalue weighted by Gasteiger charge is -2.34. The molecular formula is C20H19Br2N5O. The first-order valence-corrected chi connectivity index (χ1v) is 10.9. The van der Waals surface area contributed by atoms with Crippen molar-refractivity contribution in [2.45, 2.75) is 19.5 Å². The Morgan fingerprint density at radius 1 is 0.929 bits per heavy atom. The van der Waals surface area contributed by atoms with Crippen LogP contribution in [0.3, 0.4) is 0 Å². The molecule has 3 heterocycles. The molecule has 0 bridgehead atoms. The zero-order chi connectivity index (χ0) is 19.1. The largest absolute Gasteiger partial charge is 0.453 e. The van der Waals surface area contributed by atoms with Gasteiger partial charge in [-0.15, -0.1) is 10.2 Å². The van der Waals surface area contributed by atoms with Crippen molar-refractivity contribution in [3.8, 4) is 11.5 Å². The standard InChI is InChI=1S/C20H19Br2N5O/c21-14-2-4-16-18(10-14)28-19-11-15(22)3-5-17(19)27(16)7-1-6-25-8-9-26-13-23-24-20(26)12-25/h2-5,10-11,13H,1,6-9,12H2.